The Morgan fingerprint density at radius 2 is 1.90 bits per heavy atom. The van der Waals surface area contributed by atoms with Crippen LogP contribution in [-0.4, -0.2) is 25.1 Å². The van der Waals surface area contributed by atoms with Gasteiger partial charge in [-0.1, -0.05) is 34.1 Å². The molecule has 1 aromatic heterocycles. The molecule has 116 valence electrons. The van der Waals surface area contributed by atoms with Gasteiger partial charge in [0, 0.05) is 24.5 Å². The number of hydrogen-bond donors (Lipinski definition) is 1. The average molecular weight is 298 g/mol. The molecule has 0 aliphatic heterocycles. The summed E-state index contributed by atoms with van der Waals surface area (Å²) in [5.74, 6) is 1.27. The van der Waals surface area contributed by atoms with Gasteiger partial charge in [-0.25, -0.2) is 4.98 Å². The summed E-state index contributed by atoms with van der Waals surface area (Å²) in [5, 5.41) is 4.48. The van der Waals surface area contributed by atoms with E-state index in [9.17, 15) is 0 Å². The molecular formula is C16H31N3S. The molecule has 0 bridgehead atoms. The molecule has 0 aliphatic carbocycles. The minimum atomic E-state index is 0.547. The van der Waals surface area contributed by atoms with E-state index in [1.54, 1.807) is 0 Å². The lowest BCUT2D eigenvalue weighted by Crippen LogP contribution is -2.27. The summed E-state index contributed by atoms with van der Waals surface area (Å²) in [7, 11) is 2.01. The van der Waals surface area contributed by atoms with Gasteiger partial charge >= 0.3 is 0 Å². The number of nitrogens with one attached hydrogen (secondary N) is 1. The molecule has 0 saturated carbocycles. The molecule has 3 nitrogen and oxygen atoms in total. The van der Waals surface area contributed by atoms with Gasteiger partial charge in [0.2, 0.25) is 0 Å². The molecule has 2 atom stereocenters. The average Bonchev–Trinajstić information content (AvgIpc) is 2.87. The quantitative estimate of drug-likeness (QED) is 0.738. The highest BCUT2D eigenvalue weighted by molar-refractivity contribution is 7.15. The molecular weight excluding hydrogens is 266 g/mol. The van der Waals surface area contributed by atoms with Gasteiger partial charge < -0.3 is 10.2 Å². The maximum Gasteiger partial charge on any atom is 0.185 e. The van der Waals surface area contributed by atoms with Crippen molar-refractivity contribution in [2.45, 2.75) is 59.9 Å². The second-order valence-electron chi connectivity index (χ2n) is 5.70. The molecule has 0 saturated heterocycles. The van der Waals surface area contributed by atoms with Gasteiger partial charge in [0.1, 0.15) is 0 Å². The van der Waals surface area contributed by atoms with Gasteiger partial charge in [-0.2, -0.15) is 0 Å². The van der Waals surface area contributed by atoms with Crippen LogP contribution in [-0.2, 0) is 6.54 Å². The first-order chi connectivity index (χ1) is 9.57. The zero-order chi connectivity index (χ0) is 15.1. The Labute approximate surface area is 128 Å². The zero-order valence-corrected chi connectivity index (χ0v) is 14.8. The number of thiazole rings is 1. The molecule has 4 heteroatoms. The van der Waals surface area contributed by atoms with Crippen molar-refractivity contribution in [3.05, 3.63) is 10.6 Å². The lowest BCUT2D eigenvalue weighted by atomic mass is 10.0. The van der Waals surface area contributed by atoms with Crippen molar-refractivity contribution in [1.82, 2.24) is 10.3 Å². The van der Waals surface area contributed by atoms with Crippen LogP contribution in [0.2, 0.25) is 0 Å². The smallest absolute Gasteiger partial charge is 0.185 e. The van der Waals surface area contributed by atoms with E-state index in [0.29, 0.717) is 5.92 Å². The van der Waals surface area contributed by atoms with E-state index in [2.05, 4.69) is 44.8 Å². The van der Waals surface area contributed by atoms with Crippen molar-refractivity contribution in [3.8, 4) is 0 Å². The van der Waals surface area contributed by atoms with E-state index in [0.717, 1.165) is 32.0 Å². The number of anilines is 1. The van der Waals surface area contributed by atoms with Crippen LogP contribution in [0, 0.1) is 5.92 Å². The summed E-state index contributed by atoms with van der Waals surface area (Å²) >= 11 is 1.87. The maximum atomic E-state index is 4.96. The molecule has 0 amide bonds. The van der Waals surface area contributed by atoms with Crippen LogP contribution in [0.5, 0.6) is 0 Å². The van der Waals surface area contributed by atoms with Crippen molar-refractivity contribution < 1.29 is 0 Å². The van der Waals surface area contributed by atoms with E-state index < -0.39 is 0 Å². The first-order valence-corrected chi connectivity index (χ1v) is 8.77. The summed E-state index contributed by atoms with van der Waals surface area (Å²) in [5.41, 5.74) is 1.30. The minimum Gasteiger partial charge on any atom is -0.348 e. The summed E-state index contributed by atoms with van der Waals surface area (Å²) < 4.78 is 0. The van der Waals surface area contributed by atoms with Gasteiger partial charge in [0.25, 0.3) is 0 Å². The molecule has 0 aromatic carbocycles. The highest BCUT2D eigenvalue weighted by Gasteiger charge is 2.19. The zero-order valence-electron chi connectivity index (χ0n) is 14.0. The van der Waals surface area contributed by atoms with Crippen molar-refractivity contribution in [3.63, 3.8) is 0 Å². The second-order valence-corrected chi connectivity index (χ2v) is 6.76. The fraction of sp³-hybridized carbons (Fsp3) is 0.812. The molecule has 1 heterocycles. The number of aromatic nitrogens is 1. The van der Waals surface area contributed by atoms with Gasteiger partial charge in [0.05, 0.1) is 5.69 Å². The van der Waals surface area contributed by atoms with Crippen LogP contribution < -0.4 is 10.2 Å². The third-order valence-electron chi connectivity index (χ3n) is 4.01. The molecule has 0 fully saturated rings. The van der Waals surface area contributed by atoms with E-state index in [1.165, 1.54) is 22.1 Å². The third-order valence-corrected chi connectivity index (χ3v) is 5.15. The maximum absolute atomic E-state index is 4.96. The second kappa shape index (κ2) is 8.63. The topological polar surface area (TPSA) is 28.2 Å². The SMILES string of the molecule is CCC(C)CN(CC)c1nc(C(C)CC)c(CNC)s1. The van der Waals surface area contributed by atoms with E-state index in [4.69, 9.17) is 4.98 Å². The monoisotopic (exact) mass is 297 g/mol. The Kier molecular flexibility index (Phi) is 7.52. The normalized spacial score (nSPS) is 14.3. The highest BCUT2D eigenvalue weighted by Crippen LogP contribution is 2.32. The Balaban J connectivity index is 2.98. The third kappa shape index (κ3) is 4.45. The fourth-order valence-corrected chi connectivity index (χ4v) is 3.46. The van der Waals surface area contributed by atoms with Gasteiger partial charge in [-0.05, 0) is 32.2 Å². The van der Waals surface area contributed by atoms with Crippen LogP contribution in [0.1, 0.15) is 63.9 Å². The number of rotatable bonds is 9. The van der Waals surface area contributed by atoms with Crippen molar-refractivity contribution in [2.75, 3.05) is 25.0 Å². The van der Waals surface area contributed by atoms with Crippen LogP contribution in [0.4, 0.5) is 5.13 Å². The predicted octanol–water partition coefficient (Wildman–Crippen LogP) is 4.25. The van der Waals surface area contributed by atoms with Crippen LogP contribution >= 0.6 is 11.3 Å². The van der Waals surface area contributed by atoms with E-state index in [1.807, 2.05) is 18.4 Å². The molecule has 20 heavy (non-hydrogen) atoms. The van der Waals surface area contributed by atoms with E-state index in [-0.39, 0.29) is 0 Å². The van der Waals surface area contributed by atoms with Crippen molar-refractivity contribution in [1.29, 1.82) is 0 Å². The lowest BCUT2D eigenvalue weighted by Gasteiger charge is -2.23. The highest BCUT2D eigenvalue weighted by atomic mass is 32.1. The Hall–Kier alpha value is -0.610. The summed E-state index contributed by atoms with van der Waals surface area (Å²) in [6, 6.07) is 0. The van der Waals surface area contributed by atoms with Crippen LogP contribution in [0.3, 0.4) is 0 Å². The fourth-order valence-electron chi connectivity index (χ4n) is 2.20. The molecule has 1 N–H and O–H groups in total. The van der Waals surface area contributed by atoms with Crippen molar-refractivity contribution >= 4 is 16.5 Å². The van der Waals surface area contributed by atoms with Crippen molar-refractivity contribution in [2.24, 2.45) is 5.92 Å². The van der Waals surface area contributed by atoms with E-state index >= 15 is 0 Å². The number of nitrogens with zero attached hydrogens (tertiary/aromatic N) is 2. The summed E-state index contributed by atoms with van der Waals surface area (Å²) in [4.78, 5) is 8.80. The van der Waals surface area contributed by atoms with Crippen LogP contribution in [0.25, 0.3) is 0 Å². The molecule has 0 aliphatic rings. The Morgan fingerprint density at radius 3 is 2.40 bits per heavy atom. The predicted molar refractivity (Wildman–Crippen MR) is 90.9 cm³/mol. The molecule has 2 unspecified atom stereocenters. The summed E-state index contributed by atoms with van der Waals surface area (Å²) in [6.07, 6.45) is 2.38. The Morgan fingerprint density at radius 1 is 1.20 bits per heavy atom. The Bertz CT molecular complexity index is 389. The molecule has 0 spiro atoms. The minimum absolute atomic E-state index is 0.547. The molecule has 1 aromatic rings. The molecule has 1 rings (SSSR count). The van der Waals surface area contributed by atoms with Gasteiger partial charge in [-0.3, -0.25) is 0 Å². The standard InChI is InChI=1S/C16H31N3S/c1-7-12(4)11-19(9-3)16-18-15(13(5)8-2)14(20-16)10-17-6/h12-13,17H,7-11H2,1-6H3. The first-order valence-electron chi connectivity index (χ1n) is 7.96. The summed E-state index contributed by atoms with van der Waals surface area (Å²) in [6.45, 7) is 14.4. The lowest BCUT2D eigenvalue weighted by molar-refractivity contribution is 0.547. The first kappa shape index (κ1) is 17.4. The largest absolute Gasteiger partial charge is 0.348 e. The van der Waals surface area contributed by atoms with Gasteiger partial charge in [0.15, 0.2) is 5.13 Å². The molecule has 0 radical (unpaired) electrons. The van der Waals surface area contributed by atoms with Gasteiger partial charge in [-0.15, -0.1) is 11.3 Å². The van der Waals surface area contributed by atoms with Crippen LogP contribution in [0.15, 0.2) is 0 Å². The number of hydrogen-bond acceptors (Lipinski definition) is 4.